The van der Waals surface area contributed by atoms with Gasteiger partial charge in [0.05, 0.1) is 6.26 Å². The van der Waals surface area contributed by atoms with Crippen molar-refractivity contribution in [2.75, 3.05) is 0 Å². The highest BCUT2D eigenvalue weighted by atomic mass is 32.2. The van der Waals surface area contributed by atoms with E-state index >= 15 is 0 Å². The van der Waals surface area contributed by atoms with Crippen molar-refractivity contribution >= 4 is 17.5 Å². The van der Waals surface area contributed by atoms with Crippen LogP contribution >= 0.6 is 11.8 Å². The Morgan fingerprint density at radius 2 is 2.14 bits per heavy atom. The Morgan fingerprint density at radius 3 is 2.86 bits per heavy atom. The topological polar surface area (TPSA) is 30.2 Å². The highest BCUT2D eigenvalue weighted by Gasteiger charge is 2.35. The summed E-state index contributed by atoms with van der Waals surface area (Å²) in [7, 11) is 0. The lowest BCUT2D eigenvalue weighted by Crippen LogP contribution is -2.19. The van der Waals surface area contributed by atoms with Crippen LogP contribution in [0.4, 0.5) is 0 Å². The summed E-state index contributed by atoms with van der Waals surface area (Å²) in [6.07, 6.45) is 6.63. The Bertz CT molecular complexity index is 727. The Hall–Kier alpha value is -2.00. The fourth-order valence-electron chi connectivity index (χ4n) is 2.91. The van der Waals surface area contributed by atoms with Crippen molar-refractivity contribution < 1.29 is 9.21 Å². The van der Waals surface area contributed by atoms with Crippen molar-refractivity contribution in [3.8, 4) is 0 Å². The van der Waals surface area contributed by atoms with Gasteiger partial charge in [-0.3, -0.25) is 4.79 Å². The molecule has 1 atom stereocenters. The molecule has 1 heterocycles. The second-order valence-corrected chi connectivity index (χ2v) is 6.95. The number of allylic oxidation sites excluding steroid dienone is 3. The largest absolute Gasteiger partial charge is 0.458 e. The van der Waals surface area contributed by atoms with Crippen LogP contribution < -0.4 is 0 Å². The number of benzene rings is 1. The number of hydrogen-bond acceptors (Lipinski definition) is 3. The first-order valence-corrected chi connectivity index (χ1v) is 8.08. The predicted octanol–water partition coefficient (Wildman–Crippen LogP) is 5.06. The maximum absolute atomic E-state index is 11.7. The van der Waals surface area contributed by atoms with E-state index in [2.05, 4.69) is 31.7 Å². The van der Waals surface area contributed by atoms with E-state index in [9.17, 15) is 4.79 Å². The Balaban J connectivity index is 1.73. The van der Waals surface area contributed by atoms with Gasteiger partial charge in [-0.15, -0.1) is 0 Å². The van der Waals surface area contributed by atoms with E-state index < -0.39 is 0 Å². The highest BCUT2D eigenvalue weighted by molar-refractivity contribution is 7.99. The van der Waals surface area contributed by atoms with Gasteiger partial charge < -0.3 is 4.42 Å². The van der Waals surface area contributed by atoms with Crippen LogP contribution in [0.25, 0.3) is 0 Å². The fraction of sp³-hybridized carbons (Fsp3) is 0.211. The normalized spacial score (nSPS) is 21.0. The maximum atomic E-state index is 11.7. The van der Waals surface area contributed by atoms with Gasteiger partial charge in [0.15, 0.2) is 10.9 Å². The van der Waals surface area contributed by atoms with E-state index in [1.807, 2.05) is 18.2 Å². The molecule has 1 aliphatic rings. The first-order chi connectivity index (χ1) is 10.6. The second-order valence-electron chi connectivity index (χ2n) is 5.87. The lowest BCUT2D eigenvalue weighted by molar-refractivity contribution is -0.115. The molecule has 3 rings (SSSR count). The molecule has 0 saturated carbocycles. The van der Waals surface area contributed by atoms with Crippen LogP contribution in [0.1, 0.15) is 18.9 Å². The summed E-state index contributed by atoms with van der Waals surface area (Å²) in [4.78, 5) is 12.9. The highest BCUT2D eigenvalue weighted by Crippen LogP contribution is 2.41. The molecule has 0 spiro atoms. The molecule has 0 aliphatic heterocycles. The van der Waals surface area contributed by atoms with Gasteiger partial charge in [-0.25, -0.2) is 0 Å². The van der Waals surface area contributed by atoms with Crippen molar-refractivity contribution in [3.05, 3.63) is 72.5 Å². The third kappa shape index (κ3) is 3.09. The molecule has 112 valence electrons. The standard InChI is InChI=1S/C19H18O2S/c1-3-15-10-16(20)12-19(15,2)11-14-9-18(21-13-14)22-17-7-5-4-6-8-17/h3-10,13H,1,11-12H2,2H3. The molecular formula is C19H18O2S. The number of carbonyl (C=O) groups excluding carboxylic acids is 1. The van der Waals surface area contributed by atoms with Crippen LogP contribution in [0.3, 0.4) is 0 Å². The summed E-state index contributed by atoms with van der Waals surface area (Å²) in [5.41, 5.74) is 1.97. The molecule has 0 saturated heterocycles. The molecule has 0 amide bonds. The number of furan rings is 1. The predicted molar refractivity (Wildman–Crippen MR) is 89.0 cm³/mol. The van der Waals surface area contributed by atoms with Gasteiger partial charge in [-0.05, 0) is 41.8 Å². The third-order valence-corrected chi connectivity index (χ3v) is 4.91. The van der Waals surface area contributed by atoms with E-state index in [0.29, 0.717) is 6.42 Å². The molecule has 2 nitrogen and oxygen atoms in total. The Kier molecular flexibility index (Phi) is 4.08. The summed E-state index contributed by atoms with van der Waals surface area (Å²) >= 11 is 1.60. The molecule has 0 radical (unpaired) electrons. The molecule has 1 aliphatic carbocycles. The molecular weight excluding hydrogens is 292 g/mol. The average Bonchev–Trinajstić information content (AvgIpc) is 3.03. The van der Waals surface area contributed by atoms with Crippen LogP contribution in [-0.2, 0) is 11.2 Å². The molecule has 1 unspecified atom stereocenters. The van der Waals surface area contributed by atoms with Crippen molar-refractivity contribution in [2.24, 2.45) is 5.41 Å². The summed E-state index contributed by atoms with van der Waals surface area (Å²) in [5.74, 6) is 0.180. The van der Waals surface area contributed by atoms with Gasteiger partial charge in [0.2, 0.25) is 0 Å². The Labute approximate surface area is 134 Å². The van der Waals surface area contributed by atoms with Crippen LogP contribution in [0, 0.1) is 5.41 Å². The van der Waals surface area contributed by atoms with E-state index in [0.717, 1.165) is 27.5 Å². The van der Waals surface area contributed by atoms with Gasteiger partial charge in [-0.2, -0.15) is 0 Å². The molecule has 0 N–H and O–H groups in total. The molecule has 2 aromatic rings. The number of ketones is 1. The smallest absolute Gasteiger partial charge is 0.165 e. The maximum Gasteiger partial charge on any atom is 0.165 e. The zero-order valence-electron chi connectivity index (χ0n) is 12.5. The number of hydrogen-bond donors (Lipinski definition) is 0. The summed E-state index contributed by atoms with van der Waals surface area (Å²) in [6, 6.07) is 12.2. The second kappa shape index (κ2) is 6.01. The van der Waals surface area contributed by atoms with E-state index in [1.54, 1.807) is 30.2 Å². The molecule has 0 fully saturated rings. The summed E-state index contributed by atoms with van der Waals surface area (Å²) in [5, 5.41) is 0.873. The lowest BCUT2D eigenvalue weighted by Gasteiger charge is -2.24. The van der Waals surface area contributed by atoms with Crippen LogP contribution in [-0.4, -0.2) is 5.78 Å². The third-order valence-electron chi connectivity index (χ3n) is 3.98. The lowest BCUT2D eigenvalue weighted by atomic mass is 9.78. The van der Waals surface area contributed by atoms with Crippen molar-refractivity contribution in [1.29, 1.82) is 0 Å². The number of rotatable bonds is 5. The quantitative estimate of drug-likeness (QED) is 0.773. The molecule has 3 heteroatoms. The Morgan fingerprint density at radius 1 is 1.36 bits per heavy atom. The minimum absolute atomic E-state index is 0.169. The van der Waals surface area contributed by atoms with Crippen molar-refractivity contribution in [1.82, 2.24) is 0 Å². The van der Waals surface area contributed by atoms with Crippen LogP contribution in [0.5, 0.6) is 0 Å². The minimum Gasteiger partial charge on any atom is -0.458 e. The zero-order valence-corrected chi connectivity index (χ0v) is 13.4. The molecule has 1 aromatic heterocycles. The zero-order chi connectivity index (χ0) is 15.6. The van der Waals surface area contributed by atoms with Gasteiger partial charge >= 0.3 is 0 Å². The molecule has 22 heavy (non-hydrogen) atoms. The monoisotopic (exact) mass is 310 g/mol. The first kappa shape index (κ1) is 14.9. The summed E-state index contributed by atoms with van der Waals surface area (Å²) in [6.45, 7) is 5.94. The van der Waals surface area contributed by atoms with E-state index in [1.165, 1.54) is 0 Å². The molecule has 1 aromatic carbocycles. The van der Waals surface area contributed by atoms with E-state index in [4.69, 9.17) is 4.42 Å². The van der Waals surface area contributed by atoms with Gasteiger partial charge in [-0.1, -0.05) is 49.5 Å². The van der Waals surface area contributed by atoms with Gasteiger partial charge in [0.25, 0.3) is 0 Å². The van der Waals surface area contributed by atoms with Crippen LogP contribution in [0.15, 0.2) is 81.4 Å². The van der Waals surface area contributed by atoms with E-state index in [-0.39, 0.29) is 11.2 Å². The van der Waals surface area contributed by atoms with Gasteiger partial charge in [0.1, 0.15) is 0 Å². The minimum atomic E-state index is -0.169. The fourth-order valence-corrected chi connectivity index (χ4v) is 3.74. The SMILES string of the molecule is C=CC1=CC(=O)CC1(C)Cc1coc(Sc2ccccc2)c1. The van der Waals surface area contributed by atoms with Gasteiger partial charge in [0, 0.05) is 16.7 Å². The first-order valence-electron chi connectivity index (χ1n) is 7.27. The number of carbonyl (C=O) groups is 1. The van der Waals surface area contributed by atoms with Crippen molar-refractivity contribution in [2.45, 2.75) is 29.8 Å². The van der Waals surface area contributed by atoms with Crippen LogP contribution in [0.2, 0.25) is 0 Å². The summed E-state index contributed by atoms with van der Waals surface area (Å²) < 4.78 is 5.65. The van der Waals surface area contributed by atoms with Crippen molar-refractivity contribution in [3.63, 3.8) is 0 Å². The average molecular weight is 310 g/mol. The molecule has 0 bridgehead atoms.